The first kappa shape index (κ1) is 12.7. The zero-order valence-corrected chi connectivity index (χ0v) is 8.82. The molecule has 78 valence electrons. The number of carboxylic acid groups (broad SMARTS) is 1. The van der Waals surface area contributed by atoms with Gasteiger partial charge in [0.15, 0.2) is 0 Å². The molecule has 1 aromatic carbocycles. The summed E-state index contributed by atoms with van der Waals surface area (Å²) in [5, 5.41) is 7.42. The van der Waals surface area contributed by atoms with Crippen molar-refractivity contribution in [3.05, 3.63) is 35.9 Å². The first-order valence-corrected chi connectivity index (χ1v) is 4.38. The maximum absolute atomic E-state index is 9.00. The van der Waals surface area contributed by atoms with Crippen LogP contribution in [0.15, 0.2) is 30.3 Å². The van der Waals surface area contributed by atoms with Crippen LogP contribution in [0.3, 0.4) is 0 Å². The second-order valence-corrected chi connectivity index (χ2v) is 3.61. The molecule has 0 saturated carbocycles. The second kappa shape index (κ2) is 5.40. The molecule has 1 aromatic rings. The molecule has 0 aliphatic rings. The summed E-state index contributed by atoms with van der Waals surface area (Å²) >= 11 is 0. The standard InChI is InChI=1S/C9H13N.C2H4O2/c1-9(2,10)8-6-4-3-5-7-8;1-2(3)4/h3-7H,10H2,1-2H3;1H3,(H,3,4). The van der Waals surface area contributed by atoms with Gasteiger partial charge in [-0.3, -0.25) is 4.79 Å². The van der Waals surface area contributed by atoms with E-state index in [9.17, 15) is 0 Å². The Balaban J connectivity index is 0.000000364. The van der Waals surface area contributed by atoms with Crippen molar-refractivity contribution in [3.63, 3.8) is 0 Å². The number of carbonyl (C=O) groups is 1. The normalized spacial score (nSPS) is 10.0. The molecule has 0 aliphatic carbocycles. The summed E-state index contributed by atoms with van der Waals surface area (Å²) in [6.45, 7) is 5.09. The monoisotopic (exact) mass is 195 g/mol. The molecule has 3 N–H and O–H groups in total. The van der Waals surface area contributed by atoms with E-state index in [4.69, 9.17) is 15.6 Å². The molecule has 0 radical (unpaired) electrons. The summed E-state index contributed by atoms with van der Waals surface area (Å²) in [5.74, 6) is -0.833. The van der Waals surface area contributed by atoms with Crippen LogP contribution in [0.25, 0.3) is 0 Å². The summed E-state index contributed by atoms with van der Waals surface area (Å²) < 4.78 is 0. The van der Waals surface area contributed by atoms with Crippen molar-refractivity contribution < 1.29 is 9.90 Å². The molecule has 0 saturated heterocycles. The van der Waals surface area contributed by atoms with E-state index in [2.05, 4.69) is 0 Å². The lowest BCUT2D eigenvalue weighted by molar-refractivity contribution is -0.134. The fourth-order valence-corrected chi connectivity index (χ4v) is 0.868. The molecule has 0 spiro atoms. The zero-order chi connectivity index (χ0) is 11.2. The molecule has 3 nitrogen and oxygen atoms in total. The summed E-state index contributed by atoms with van der Waals surface area (Å²) in [7, 11) is 0. The van der Waals surface area contributed by atoms with Gasteiger partial charge in [-0.05, 0) is 19.4 Å². The Morgan fingerprint density at radius 1 is 1.29 bits per heavy atom. The van der Waals surface area contributed by atoms with Crippen molar-refractivity contribution in [1.82, 2.24) is 0 Å². The number of hydrogen-bond acceptors (Lipinski definition) is 2. The summed E-state index contributed by atoms with van der Waals surface area (Å²) in [6.07, 6.45) is 0. The molecule has 0 aromatic heterocycles. The average molecular weight is 195 g/mol. The summed E-state index contributed by atoms with van der Waals surface area (Å²) in [4.78, 5) is 9.00. The van der Waals surface area contributed by atoms with Gasteiger partial charge in [0.05, 0.1) is 0 Å². The quantitative estimate of drug-likeness (QED) is 0.720. The number of aliphatic carboxylic acids is 1. The third-order valence-electron chi connectivity index (χ3n) is 1.52. The van der Waals surface area contributed by atoms with E-state index < -0.39 is 5.97 Å². The number of hydrogen-bond donors (Lipinski definition) is 2. The molecule has 0 fully saturated rings. The zero-order valence-electron chi connectivity index (χ0n) is 8.82. The van der Waals surface area contributed by atoms with Gasteiger partial charge in [-0.25, -0.2) is 0 Å². The highest BCUT2D eigenvalue weighted by Crippen LogP contribution is 2.14. The van der Waals surface area contributed by atoms with Crippen molar-refractivity contribution in [3.8, 4) is 0 Å². The van der Waals surface area contributed by atoms with Crippen molar-refractivity contribution in [2.24, 2.45) is 5.73 Å². The van der Waals surface area contributed by atoms with Crippen molar-refractivity contribution >= 4 is 5.97 Å². The third kappa shape index (κ3) is 6.20. The van der Waals surface area contributed by atoms with Gasteiger partial charge in [-0.2, -0.15) is 0 Å². The van der Waals surface area contributed by atoms with E-state index in [0.717, 1.165) is 6.92 Å². The Labute approximate surface area is 84.6 Å². The van der Waals surface area contributed by atoms with E-state index in [1.54, 1.807) is 0 Å². The van der Waals surface area contributed by atoms with Crippen LogP contribution >= 0.6 is 0 Å². The van der Waals surface area contributed by atoms with Gasteiger partial charge in [0, 0.05) is 12.5 Å². The molecule has 0 unspecified atom stereocenters. The Kier molecular flexibility index (Phi) is 4.87. The summed E-state index contributed by atoms with van der Waals surface area (Å²) in [5.41, 5.74) is 6.83. The lowest BCUT2D eigenvalue weighted by Gasteiger charge is -2.18. The van der Waals surface area contributed by atoms with Gasteiger partial charge >= 0.3 is 0 Å². The molecule has 1 rings (SSSR count). The number of nitrogens with two attached hydrogens (primary N) is 1. The Morgan fingerprint density at radius 2 is 1.64 bits per heavy atom. The van der Waals surface area contributed by atoms with Crippen molar-refractivity contribution in [1.29, 1.82) is 0 Å². The van der Waals surface area contributed by atoms with Crippen LogP contribution in [-0.2, 0) is 10.3 Å². The van der Waals surface area contributed by atoms with Crippen LogP contribution in [0.4, 0.5) is 0 Å². The van der Waals surface area contributed by atoms with E-state index in [0.29, 0.717) is 0 Å². The van der Waals surface area contributed by atoms with Crippen molar-refractivity contribution in [2.45, 2.75) is 26.3 Å². The molecule has 0 bridgehead atoms. The smallest absolute Gasteiger partial charge is 0.300 e. The fourth-order valence-electron chi connectivity index (χ4n) is 0.868. The Morgan fingerprint density at radius 3 is 1.86 bits per heavy atom. The molecule has 14 heavy (non-hydrogen) atoms. The average Bonchev–Trinajstić information content (AvgIpc) is 2.03. The Hall–Kier alpha value is -1.35. The van der Waals surface area contributed by atoms with Crippen molar-refractivity contribution in [2.75, 3.05) is 0 Å². The van der Waals surface area contributed by atoms with E-state index >= 15 is 0 Å². The highest BCUT2D eigenvalue weighted by Gasteiger charge is 2.11. The molecular formula is C11H17NO2. The predicted molar refractivity (Wildman–Crippen MR) is 57.0 cm³/mol. The van der Waals surface area contributed by atoms with E-state index in [1.807, 2.05) is 44.2 Å². The van der Waals surface area contributed by atoms with Crippen LogP contribution in [0.2, 0.25) is 0 Å². The topological polar surface area (TPSA) is 63.3 Å². The van der Waals surface area contributed by atoms with E-state index in [1.165, 1.54) is 5.56 Å². The minimum Gasteiger partial charge on any atom is -0.481 e. The molecule has 0 atom stereocenters. The Bertz CT molecular complexity index is 271. The number of benzene rings is 1. The maximum Gasteiger partial charge on any atom is 0.300 e. The summed E-state index contributed by atoms with van der Waals surface area (Å²) in [6, 6.07) is 10.1. The first-order chi connectivity index (χ1) is 6.34. The largest absolute Gasteiger partial charge is 0.481 e. The minimum atomic E-state index is -0.833. The predicted octanol–water partition coefficient (Wildman–Crippen LogP) is 1.97. The lowest BCUT2D eigenvalue weighted by atomic mass is 9.96. The molecular weight excluding hydrogens is 178 g/mol. The van der Waals surface area contributed by atoms with Crippen LogP contribution in [-0.4, -0.2) is 11.1 Å². The van der Waals surface area contributed by atoms with Crippen LogP contribution in [0.1, 0.15) is 26.3 Å². The minimum absolute atomic E-state index is 0.207. The molecule has 3 heteroatoms. The third-order valence-corrected chi connectivity index (χ3v) is 1.52. The number of carboxylic acids is 1. The van der Waals surface area contributed by atoms with Gasteiger partial charge in [0.2, 0.25) is 0 Å². The second-order valence-electron chi connectivity index (χ2n) is 3.61. The first-order valence-electron chi connectivity index (χ1n) is 4.38. The highest BCUT2D eigenvalue weighted by atomic mass is 16.4. The van der Waals surface area contributed by atoms with Gasteiger partial charge in [-0.15, -0.1) is 0 Å². The van der Waals surface area contributed by atoms with Gasteiger partial charge < -0.3 is 10.8 Å². The van der Waals surface area contributed by atoms with Crippen LogP contribution in [0.5, 0.6) is 0 Å². The van der Waals surface area contributed by atoms with Crippen LogP contribution in [0, 0.1) is 0 Å². The molecule has 0 aliphatic heterocycles. The van der Waals surface area contributed by atoms with Gasteiger partial charge in [-0.1, -0.05) is 30.3 Å². The lowest BCUT2D eigenvalue weighted by Crippen LogP contribution is -2.28. The van der Waals surface area contributed by atoms with Crippen LogP contribution < -0.4 is 5.73 Å². The fraction of sp³-hybridized carbons (Fsp3) is 0.364. The SMILES string of the molecule is CC(=O)O.CC(C)(N)c1ccccc1. The van der Waals surface area contributed by atoms with Gasteiger partial charge in [0.25, 0.3) is 5.97 Å². The maximum atomic E-state index is 9.00. The number of rotatable bonds is 1. The molecule has 0 amide bonds. The highest BCUT2D eigenvalue weighted by molar-refractivity contribution is 5.62. The van der Waals surface area contributed by atoms with E-state index in [-0.39, 0.29) is 5.54 Å². The molecule has 0 heterocycles. The van der Waals surface area contributed by atoms with Gasteiger partial charge in [0.1, 0.15) is 0 Å².